The second-order valence-corrected chi connectivity index (χ2v) is 6.21. The first-order valence-corrected chi connectivity index (χ1v) is 8.85. The molecule has 152 valence electrons. The Morgan fingerprint density at radius 1 is 0.933 bits per heavy atom. The number of nitrogens with two attached hydrogens (primary N) is 1. The first kappa shape index (κ1) is 20.3. The Morgan fingerprint density at radius 3 is 2.23 bits per heavy atom. The van der Waals surface area contributed by atoms with E-state index in [0.29, 0.717) is 28.4 Å². The van der Waals surface area contributed by atoms with Gasteiger partial charge in [-0.05, 0) is 48.5 Å². The molecule has 30 heavy (non-hydrogen) atoms. The normalized spacial score (nSPS) is 10.1. The van der Waals surface area contributed by atoms with Gasteiger partial charge in [-0.1, -0.05) is 12.1 Å². The van der Waals surface area contributed by atoms with Crippen molar-refractivity contribution in [3.63, 3.8) is 0 Å². The van der Waals surface area contributed by atoms with Crippen LogP contribution in [0.5, 0.6) is 5.75 Å². The van der Waals surface area contributed by atoms with Gasteiger partial charge in [-0.2, -0.15) is 0 Å². The van der Waals surface area contributed by atoms with Crippen molar-refractivity contribution in [3.05, 3.63) is 88.5 Å². The number of benzene rings is 3. The van der Waals surface area contributed by atoms with Crippen molar-refractivity contribution in [3.8, 4) is 5.75 Å². The molecule has 0 bridgehead atoms. The number of nitrogens with zero attached hydrogens (tertiary/aromatic N) is 1. The van der Waals surface area contributed by atoms with E-state index in [1.54, 1.807) is 48.5 Å². The van der Waals surface area contributed by atoms with Crippen LogP contribution in [0.15, 0.2) is 72.8 Å². The molecular weight excluding hydrogens is 388 g/mol. The Balaban J connectivity index is 1.52. The molecule has 0 aromatic heterocycles. The SMILES string of the molecule is Nc1ccccc1NC(=O)c1ccc(NC(=O)COc2ccc([N+](=O)[O-])cc2)cc1. The minimum Gasteiger partial charge on any atom is -0.484 e. The minimum atomic E-state index is -0.519. The summed E-state index contributed by atoms with van der Waals surface area (Å²) >= 11 is 0. The highest BCUT2D eigenvalue weighted by molar-refractivity contribution is 6.06. The zero-order valence-electron chi connectivity index (χ0n) is 15.7. The van der Waals surface area contributed by atoms with E-state index in [1.807, 2.05) is 0 Å². The topological polar surface area (TPSA) is 137 Å². The smallest absolute Gasteiger partial charge is 0.269 e. The van der Waals surface area contributed by atoms with Crippen LogP contribution >= 0.6 is 0 Å². The van der Waals surface area contributed by atoms with Crippen molar-refractivity contribution >= 4 is 34.6 Å². The fourth-order valence-electron chi connectivity index (χ4n) is 2.52. The van der Waals surface area contributed by atoms with Gasteiger partial charge in [0.15, 0.2) is 6.61 Å². The molecular formula is C21H18N4O5. The lowest BCUT2D eigenvalue weighted by Gasteiger charge is -2.09. The van der Waals surface area contributed by atoms with Gasteiger partial charge >= 0.3 is 0 Å². The van der Waals surface area contributed by atoms with Crippen LogP contribution in [-0.2, 0) is 4.79 Å². The number of rotatable bonds is 7. The van der Waals surface area contributed by atoms with Gasteiger partial charge in [0, 0.05) is 23.4 Å². The van der Waals surface area contributed by atoms with Gasteiger partial charge in [0.05, 0.1) is 16.3 Å². The maximum atomic E-state index is 12.3. The fourth-order valence-corrected chi connectivity index (χ4v) is 2.52. The number of carbonyl (C=O) groups is 2. The summed E-state index contributed by atoms with van der Waals surface area (Å²) in [6.07, 6.45) is 0. The maximum absolute atomic E-state index is 12.3. The molecule has 0 aliphatic heterocycles. The third-order valence-corrected chi connectivity index (χ3v) is 4.06. The van der Waals surface area contributed by atoms with E-state index in [2.05, 4.69) is 10.6 Å². The number of para-hydroxylation sites is 2. The molecule has 0 heterocycles. The molecule has 0 saturated carbocycles. The van der Waals surface area contributed by atoms with Crippen molar-refractivity contribution in [2.24, 2.45) is 0 Å². The van der Waals surface area contributed by atoms with E-state index in [4.69, 9.17) is 10.5 Å². The highest BCUT2D eigenvalue weighted by atomic mass is 16.6. The third-order valence-electron chi connectivity index (χ3n) is 4.06. The molecule has 0 saturated heterocycles. The first-order chi connectivity index (χ1) is 14.4. The van der Waals surface area contributed by atoms with Crippen molar-refractivity contribution in [2.75, 3.05) is 23.0 Å². The van der Waals surface area contributed by atoms with Crippen LogP contribution < -0.4 is 21.1 Å². The Labute approximate surface area is 171 Å². The quantitative estimate of drug-likeness (QED) is 0.312. The molecule has 0 atom stereocenters. The Kier molecular flexibility index (Phi) is 6.23. The number of nitro benzene ring substituents is 1. The molecule has 3 aromatic rings. The molecule has 0 spiro atoms. The van der Waals surface area contributed by atoms with Crippen LogP contribution in [0.4, 0.5) is 22.7 Å². The average molecular weight is 406 g/mol. The zero-order chi connectivity index (χ0) is 21.5. The number of hydrogen-bond acceptors (Lipinski definition) is 6. The lowest BCUT2D eigenvalue weighted by molar-refractivity contribution is -0.384. The van der Waals surface area contributed by atoms with E-state index in [1.165, 1.54) is 24.3 Å². The van der Waals surface area contributed by atoms with Crippen LogP contribution in [0.2, 0.25) is 0 Å². The fraction of sp³-hybridized carbons (Fsp3) is 0.0476. The summed E-state index contributed by atoms with van der Waals surface area (Å²) in [4.78, 5) is 34.4. The second-order valence-electron chi connectivity index (χ2n) is 6.21. The molecule has 3 rings (SSSR count). The molecule has 9 heteroatoms. The number of nitrogens with one attached hydrogen (secondary N) is 2. The number of amides is 2. The third kappa shape index (κ3) is 5.32. The highest BCUT2D eigenvalue weighted by Gasteiger charge is 2.10. The van der Waals surface area contributed by atoms with Gasteiger partial charge in [-0.3, -0.25) is 19.7 Å². The van der Waals surface area contributed by atoms with E-state index >= 15 is 0 Å². The number of carbonyl (C=O) groups excluding carboxylic acids is 2. The van der Waals surface area contributed by atoms with Crippen LogP contribution in [-0.4, -0.2) is 23.3 Å². The van der Waals surface area contributed by atoms with Crippen molar-refractivity contribution in [1.82, 2.24) is 0 Å². The number of ether oxygens (including phenoxy) is 1. The van der Waals surface area contributed by atoms with E-state index in [9.17, 15) is 19.7 Å². The van der Waals surface area contributed by atoms with Crippen LogP contribution in [0, 0.1) is 10.1 Å². The number of anilines is 3. The van der Waals surface area contributed by atoms with Crippen LogP contribution in [0.3, 0.4) is 0 Å². The second kappa shape index (κ2) is 9.20. The molecule has 4 N–H and O–H groups in total. The average Bonchev–Trinajstić information content (AvgIpc) is 2.74. The maximum Gasteiger partial charge on any atom is 0.269 e. The summed E-state index contributed by atoms with van der Waals surface area (Å²) in [5.74, 6) is -0.405. The molecule has 9 nitrogen and oxygen atoms in total. The van der Waals surface area contributed by atoms with Gasteiger partial charge < -0.3 is 21.1 Å². The van der Waals surface area contributed by atoms with Gasteiger partial charge in [0.1, 0.15) is 5.75 Å². The number of non-ortho nitro benzene ring substituents is 1. The predicted octanol–water partition coefficient (Wildman–Crippen LogP) is 3.45. The minimum absolute atomic E-state index is 0.0640. The van der Waals surface area contributed by atoms with Crippen LogP contribution in [0.25, 0.3) is 0 Å². The summed E-state index contributed by atoms with van der Waals surface area (Å²) < 4.78 is 5.30. The van der Waals surface area contributed by atoms with Crippen molar-refractivity contribution in [1.29, 1.82) is 0 Å². The molecule has 2 amide bonds. The molecule has 0 unspecified atom stereocenters. The Bertz CT molecular complexity index is 1070. The van der Waals surface area contributed by atoms with E-state index < -0.39 is 10.8 Å². The number of hydrogen-bond donors (Lipinski definition) is 3. The standard InChI is InChI=1S/C21H18N4O5/c22-18-3-1-2-4-19(18)24-21(27)14-5-7-15(8-6-14)23-20(26)13-30-17-11-9-16(10-12-17)25(28)29/h1-12H,13,22H2,(H,23,26)(H,24,27). The summed E-state index contributed by atoms with van der Waals surface area (Å²) in [5, 5.41) is 16.0. The number of nitro groups is 1. The molecule has 0 aliphatic carbocycles. The summed E-state index contributed by atoms with van der Waals surface area (Å²) in [6, 6.07) is 18.7. The number of nitrogen functional groups attached to an aromatic ring is 1. The Hall–Kier alpha value is -4.40. The highest BCUT2D eigenvalue weighted by Crippen LogP contribution is 2.19. The molecule has 0 fully saturated rings. The van der Waals surface area contributed by atoms with Crippen LogP contribution in [0.1, 0.15) is 10.4 Å². The van der Waals surface area contributed by atoms with E-state index in [-0.39, 0.29) is 18.2 Å². The zero-order valence-corrected chi connectivity index (χ0v) is 15.7. The molecule has 3 aromatic carbocycles. The summed E-state index contributed by atoms with van der Waals surface area (Å²) in [6.45, 7) is -0.271. The van der Waals surface area contributed by atoms with Gasteiger partial charge in [0.25, 0.3) is 17.5 Å². The van der Waals surface area contributed by atoms with Gasteiger partial charge in [-0.25, -0.2) is 0 Å². The first-order valence-electron chi connectivity index (χ1n) is 8.85. The molecule has 0 aliphatic rings. The Morgan fingerprint density at radius 2 is 1.60 bits per heavy atom. The van der Waals surface area contributed by atoms with Gasteiger partial charge in [-0.15, -0.1) is 0 Å². The largest absolute Gasteiger partial charge is 0.484 e. The van der Waals surface area contributed by atoms with E-state index in [0.717, 1.165) is 0 Å². The monoisotopic (exact) mass is 406 g/mol. The predicted molar refractivity (Wildman–Crippen MR) is 112 cm³/mol. The lowest BCUT2D eigenvalue weighted by Crippen LogP contribution is -2.20. The lowest BCUT2D eigenvalue weighted by atomic mass is 10.2. The van der Waals surface area contributed by atoms with Crippen molar-refractivity contribution < 1.29 is 19.2 Å². The summed E-state index contributed by atoms with van der Waals surface area (Å²) in [5.41, 5.74) is 7.62. The van der Waals surface area contributed by atoms with Gasteiger partial charge in [0.2, 0.25) is 0 Å². The van der Waals surface area contributed by atoms with Crippen molar-refractivity contribution in [2.45, 2.75) is 0 Å². The summed E-state index contributed by atoms with van der Waals surface area (Å²) in [7, 11) is 0. The molecule has 0 radical (unpaired) electrons.